The molecule has 22 heavy (non-hydrogen) atoms. The zero-order valence-corrected chi connectivity index (χ0v) is 13.6. The summed E-state index contributed by atoms with van der Waals surface area (Å²) in [5.41, 5.74) is 0.0717. The van der Waals surface area contributed by atoms with Crippen LogP contribution in [-0.2, 0) is 20.8 Å². The molecule has 1 aromatic rings. The molecule has 1 atom stereocenters. The normalized spacial score (nSPS) is 12.5. The summed E-state index contributed by atoms with van der Waals surface area (Å²) in [7, 11) is 0. The van der Waals surface area contributed by atoms with Crippen molar-refractivity contribution in [3.8, 4) is 0 Å². The summed E-state index contributed by atoms with van der Waals surface area (Å²) >= 11 is 5.76. The van der Waals surface area contributed by atoms with Gasteiger partial charge in [-0.15, -0.1) is 0 Å². The van der Waals surface area contributed by atoms with E-state index in [0.29, 0.717) is 10.6 Å². The maximum Gasteiger partial charge on any atom is 0.326 e. The second-order valence-electron chi connectivity index (χ2n) is 6.14. The number of carboxylic acid groups (broad SMARTS) is 1. The number of Topliss-reactive ketones (excluding diaryl/α,β-unsaturated/α-hetero) is 1. The summed E-state index contributed by atoms with van der Waals surface area (Å²) in [6.07, 6.45) is -0.199. The van der Waals surface area contributed by atoms with Gasteiger partial charge in [0.2, 0.25) is 5.91 Å². The van der Waals surface area contributed by atoms with Gasteiger partial charge >= 0.3 is 5.97 Å². The molecule has 0 bridgehead atoms. The summed E-state index contributed by atoms with van der Waals surface area (Å²) in [5.74, 6) is -1.88. The molecule has 0 aliphatic heterocycles. The van der Waals surface area contributed by atoms with Crippen LogP contribution in [0, 0.1) is 5.41 Å². The zero-order chi connectivity index (χ0) is 16.9. The zero-order valence-electron chi connectivity index (χ0n) is 12.9. The van der Waals surface area contributed by atoms with Gasteiger partial charge < -0.3 is 10.4 Å². The molecule has 0 heterocycles. The van der Waals surface area contributed by atoms with Crippen LogP contribution in [0.25, 0.3) is 0 Å². The number of rotatable bonds is 6. The average molecular weight is 326 g/mol. The Morgan fingerprint density at radius 1 is 1.18 bits per heavy atom. The third-order valence-electron chi connectivity index (χ3n) is 3.14. The number of carboxylic acids is 1. The molecule has 1 aromatic carbocycles. The Morgan fingerprint density at radius 3 is 2.18 bits per heavy atom. The molecule has 0 aromatic heterocycles. The molecule has 2 N–H and O–H groups in total. The van der Waals surface area contributed by atoms with Crippen LogP contribution in [0.5, 0.6) is 0 Å². The van der Waals surface area contributed by atoms with Gasteiger partial charge in [-0.25, -0.2) is 4.79 Å². The van der Waals surface area contributed by atoms with Gasteiger partial charge in [0.05, 0.1) is 6.42 Å². The van der Waals surface area contributed by atoms with E-state index in [1.54, 1.807) is 45.0 Å². The van der Waals surface area contributed by atoms with Crippen molar-refractivity contribution in [3.05, 3.63) is 34.9 Å². The number of aliphatic carboxylic acids is 1. The van der Waals surface area contributed by atoms with Crippen molar-refractivity contribution in [1.29, 1.82) is 0 Å². The molecule has 120 valence electrons. The number of carbonyl (C=O) groups excluding carboxylic acids is 2. The Morgan fingerprint density at radius 2 is 1.73 bits per heavy atom. The van der Waals surface area contributed by atoms with Crippen LogP contribution in [0.1, 0.15) is 32.8 Å². The van der Waals surface area contributed by atoms with Gasteiger partial charge in [0.1, 0.15) is 11.8 Å². The lowest BCUT2D eigenvalue weighted by Crippen LogP contribution is -2.44. The molecule has 1 rings (SSSR count). The number of hydrogen-bond donors (Lipinski definition) is 2. The molecule has 6 heteroatoms. The average Bonchev–Trinajstić information content (AvgIpc) is 2.39. The second-order valence-corrected chi connectivity index (χ2v) is 6.58. The largest absolute Gasteiger partial charge is 0.480 e. The monoisotopic (exact) mass is 325 g/mol. The summed E-state index contributed by atoms with van der Waals surface area (Å²) in [6, 6.07) is 5.48. The lowest BCUT2D eigenvalue weighted by atomic mass is 9.87. The van der Waals surface area contributed by atoms with Gasteiger partial charge in [-0.05, 0) is 17.7 Å². The number of amides is 1. The van der Waals surface area contributed by atoms with E-state index in [-0.39, 0.29) is 18.6 Å². The number of carbonyl (C=O) groups is 3. The first-order valence-electron chi connectivity index (χ1n) is 6.89. The number of hydrogen-bond acceptors (Lipinski definition) is 3. The molecule has 0 saturated carbocycles. The van der Waals surface area contributed by atoms with E-state index >= 15 is 0 Å². The first kappa shape index (κ1) is 18.2. The highest BCUT2D eigenvalue weighted by Gasteiger charge is 2.29. The molecular formula is C16H20ClNO4. The van der Waals surface area contributed by atoms with E-state index < -0.39 is 23.3 Å². The predicted octanol–water partition coefficient (Wildman–Crippen LogP) is 2.46. The molecule has 0 aliphatic rings. The summed E-state index contributed by atoms with van der Waals surface area (Å²) in [6.45, 7) is 5.14. The van der Waals surface area contributed by atoms with E-state index in [1.165, 1.54) is 0 Å². The summed E-state index contributed by atoms with van der Waals surface area (Å²) in [4.78, 5) is 35.1. The van der Waals surface area contributed by atoms with Crippen LogP contribution in [0.3, 0.4) is 0 Å². The van der Waals surface area contributed by atoms with Crippen molar-refractivity contribution in [1.82, 2.24) is 5.32 Å². The molecule has 1 amide bonds. The first-order chi connectivity index (χ1) is 10.1. The van der Waals surface area contributed by atoms with E-state index in [2.05, 4.69) is 5.32 Å². The minimum atomic E-state index is -1.22. The van der Waals surface area contributed by atoms with Crippen LogP contribution >= 0.6 is 11.6 Å². The molecule has 5 nitrogen and oxygen atoms in total. The molecular weight excluding hydrogens is 306 g/mol. The van der Waals surface area contributed by atoms with Crippen LogP contribution in [-0.4, -0.2) is 28.8 Å². The fourth-order valence-electron chi connectivity index (χ4n) is 1.72. The van der Waals surface area contributed by atoms with Crippen molar-refractivity contribution >= 4 is 29.3 Å². The third-order valence-corrected chi connectivity index (χ3v) is 3.39. The van der Waals surface area contributed by atoms with Crippen molar-refractivity contribution in [3.63, 3.8) is 0 Å². The van der Waals surface area contributed by atoms with E-state index in [1.807, 2.05) is 0 Å². The second kappa shape index (κ2) is 7.40. The molecule has 0 aliphatic carbocycles. The van der Waals surface area contributed by atoms with Gasteiger partial charge in [0.15, 0.2) is 0 Å². The summed E-state index contributed by atoms with van der Waals surface area (Å²) in [5, 5.41) is 12.1. The highest BCUT2D eigenvalue weighted by atomic mass is 35.5. The van der Waals surface area contributed by atoms with E-state index in [9.17, 15) is 14.4 Å². The molecule has 0 fully saturated rings. The first-order valence-corrected chi connectivity index (χ1v) is 7.27. The van der Waals surface area contributed by atoms with Crippen LogP contribution in [0.15, 0.2) is 24.3 Å². The molecule has 1 unspecified atom stereocenters. The number of halogens is 1. The molecule has 0 saturated heterocycles. The fourth-order valence-corrected chi connectivity index (χ4v) is 1.85. The number of ketones is 1. The Labute approximate surface area is 134 Å². The van der Waals surface area contributed by atoms with Crippen molar-refractivity contribution in [2.75, 3.05) is 0 Å². The van der Waals surface area contributed by atoms with Gasteiger partial charge in [0.25, 0.3) is 0 Å². The van der Waals surface area contributed by atoms with Crippen LogP contribution < -0.4 is 5.32 Å². The highest BCUT2D eigenvalue weighted by Crippen LogP contribution is 2.18. The predicted molar refractivity (Wildman–Crippen MR) is 83.8 cm³/mol. The van der Waals surface area contributed by atoms with Crippen molar-refractivity contribution < 1.29 is 19.5 Å². The van der Waals surface area contributed by atoms with E-state index in [4.69, 9.17) is 16.7 Å². The molecule has 0 radical (unpaired) electrons. The fraction of sp³-hybridized carbons (Fsp3) is 0.438. The standard InChI is InChI=1S/C16H20ClNO4/c1-16(2,3)13(19)9-12(15(21)22)18-14(20)8-10-4-6-11(17)7-5-10/h4-7,12H,8-9H2,1-3H3,(H,18,20)(H,21,22). The van der Waals surface area contributed by atoms with Gasteiger partial charge in [-0.2, -0.15) is 0 Å². The van der Waals surface area contributed by atoms with Crippen LogP contribution in [0.4, 0.5) is 0 Å². The van der Waals surface area contributed by atoms with Gasteiger partial charge in [-0.3, -0.25) is 9.59 Å². The smallest absolute Gasteiger partial charge is 0.326 e. The van der Waals surface area contributed by atoms with Crippen molar-refractivity contribution in [2.24, 2.45) is 5.41 Å². The Balaban J connectivity index is 2.66. The Hall–Kier alpha value is -1.88. The number of benzene rings is 1. The maximum absolute atomic E-state index is 11.9. The summed E-state index contributed by atoms with van der Waals surface area (Å²) < 4.78 is 0. The Bertz CT molecular complexity index is 561. The topological polar surface area (TPSA) is 83.5 Å². The third kappa shape index (κ3) is 5.85. The van der Waals surface area contributed by atoms with Crippen LogP contribution in [0.2, 0.25) is 5.02 Å². The van der Waals surface area contributed by atoms with Gasteiger partial charge in [-0.1, -0.05) is 44.5 Å². The Kier molecular flexibility index (Phi) is 6.11. The van der Waals surface area contributed by atoms with Crippen molar-refractivity contribution in [2.45, 2.75) is 39.7 Å². The quantitative estimate of drug-likeness (QED) is 0.841. The lowest BCUT2D eigenvalue weighted by Gasteiger charge is -2.20. The minimum absolute atomic E-state index is 0.0324. The molecule has 0 spiro atoms. The highest BCUT2D eigenvalue weighted by molar-refractivity contribution is 6.30. The minimum Gasteiger partial charge on any atom is -0.480 e. The lowest BCUT2D eigenvalue weighted by molar-refractivity contribution is -0.144. The SMILES string of the molecule is CC(C)(C)C(=O)CC(NC(=O)Cc1ccc(Cl)cc1)C(=O)O. The number of nitrogens with one attached hydrogen (secondary N) is 1. The maximum atomic E-state index is 11.9. The van der Waals surface area contributed by atoms with Gasteiger partial charge in [0, 0.05) is 16.9 Å². The van der Waals surface area contributed by atoms with E-state index in [0.717, 1.165) is 0 Å².